The summed E-state index contributed by atoms with van der Waals surface area (Å²) in [5.74, 6) is -2.09. The predicted molar refractivity (Wildman–Crippen MR) is 92.7 cm³/mol. The van der Waals surface area contributed by atoms with Gasteiger partial charge in [-0.3, -0.25) is 9.59 Å². The largest absolute Gasteiger partial charge is 0.505 e. The monoisotopic (exact) mass is 373 g/mol. The Morgan fingerprint density at radius 2 is 1.69 bits per heavy atom. The number of sulfonamides is 1. The molecule has 0 unspecified atom stereocenters. The van der Waals surface area contributed by atoms with Gasteiger partial charge in [0.05, 0.1) is 12.0 Å². The first-order valence-corrected chi connectivity index (χ1v) is 9.04. The van der Waals surface area contributed by atoms with E-state index in [0.29, 0.717) is 4.31 Å². The number of benzene rings is 2. The van der Waals surface area contributed by atoms with Crippen LogP contribution in [0.5, 0.6) is 0 Å². The Morgan fingerprint density at radius 3 is 2.35 bits per heavy atom. The highest BCUT2D eigenvalue weighted by molar-refractivity contribution is 7.89. The van der Waals surface area contributed by atoms with Crippen LogP contribution in [-0.2, 0) is 19.6 Å². The van der Waals surface area contributed by atoms with Gasteiger partial charge < -0.3 is 9.84 Å². The fraction of sp³-hybridized carbons (Fsp3) is 0.111. The molecule has 2 aromatic carbocycles. The molecule has 7 nitrogen and oxygen atoms in total. The van der Waals surface area contributed by atoms with Gasteiger partial charge in [0.2, 0.25) is 5.78 Å². The minimum atomic E-state index is -4.23. The summed E-state index contributed by atoms with van der Waals surface area (Å²) in [6, 6.07) is 13.7. The molecule has 0 radical (unpaired) electrons. The van der Waals surface area contributed by atoms with E-state index in [-0.39, 0.29) is 16.0 Å². The maximum absolute atomic E-state index is 13.0. The van der Waals surface area contributed by atoms with Crippen LogP contribution < -0.4 is 0 Å². The molecule has 1 N–H and O–H groups in total. The summed E-state index contributed by atoms with van der Waals surface area (Å²) in [6.45, 7) is -0.731. The minimum Gasteiger partial charge on any atom is -0.505 e. The smallest absolute Gasteiger partial charge is 0.326 e. The lowest BCUT2D eigenvalue weighted by molar-refractivity contribution is -0.140. The summed E-state index contributed by atoms with van der Waals surface area (Å²) < 4.78 is 31.1. The number of nitrogens with zero attached hydrogens (tertiary/aromatic N) is 1. The highest BCUT2D eigenvalue weighted by atomic mass is 32.2. The topological polar surface area (TPSA) is 101 Å². The molecule has 0 amide bonds. The number of Topliss-reactive ketones (excluding diaryl/α,β-unsaturated/α-hetero) is 1. The summed E-state index contributed by atoms with van der Waals surface area (Å²) in [5.41, 5.74) is -0.299. The Bertz CT molecular complexity index is 1010. The van der Waals surface area contributed by atoms with Gasteiger partial charge in [-0.2, -0.15) is 0 Å². The van der Waals surface area contributed by atoms with Crippen LogP contribution in [0.15, 0.2) is 65.2 Å². The highest BCUT2D eigenvalue weighted by Crippen LogP contribution is 2.35. The second-order valence-corrected chi connectivity index (χ2v) is 7.31. The summed E-state index contributed by atoms with van der Waals surface area (Å²) in [5, 5.41) is 10.6. The number of fused-ring (bicyclic) bond motifs is 1. The van der Waals surface area contributed by atoms with Gasteiger partial charge in [0.25, 0.3) is 10.0 Å². The molecular weight excluding hydrogens is 358 g/mol. The number of methoxy groups -OCH3 is 1. The molecule has 0 aliphatic carbocycles. The lowest BCUT2D eigenvalue weighted by Crippen LogP contribution is -2.42. The van der Waals surface area contributed by atoms with E-state index >= 15 is 0 Å². The van der Waals surface area contributed by atoms with Crippen molar-refractivity contribution in [2.75, 3.05) is 13.7 Å². The number of aliphatic hydroxyl groups is 1. The SMILES string of the molecule is COC(=O)CN1/C(=C(/O)c2ccccc2)C(=O)c2ccccc2S1(=O)=O. The van der Waals surface area contributed by atoms with E-state index in [9.17, 15) is 23.1 Å². The van der Waals surface area contributed by atoms with Gasteiger partial charge in [0.15, 0.2) is 5.76 Å². The number of ketones is 1. The van der Waals surface area contributed by atoms with Crippen molar-refractivity contribution in [1.29, 1.82) is 0 Å². The molecule has 26 heavy (non-hydrogen) atoms. The number of carbonyl (C=O) groups is 2. The van der Waals surface area contributed by atoms with Crippen molar-refractivity contribution in [2.45, 2.75) is 4.90 Å². The van der Waals surface area contributed by atoms with Crippen molar-refractivity contribution in [3.05, 3.63) is 71.4 Å². The standard InChI is InChI=1S/C18H15NO6S/c1-25-15(20)11-19-16(17(21)12-7-3-2-4-8-12)18(22)13-9-5-6-10-14(13)26(19,23)24/h2-10,21H,11H2,1H3/b17-16+. The molecule has 0 spiro atoms. The van der Waals surface area contributed by atoms with Gasteiger partial charge in [-0.25, -0.2) is 12.7 Å². The van der Waals surface area contributed by atoms with E-state index in [1.165, 1.54) is 36.4 Å². The summed E-state index contributed by atoms with van der Waals surface area (Å²) in [4.78, 5) is 24.4. The van der Waals surface area contributed by atoms with Crippen LogP contribution in [0.2, 0.25) is 0 Å². The van der Waals surface area contributed by atoms with Gasteiger partial charge in [0, 0.05) is 11.1 Å². The molecule has 0 saturated heterocycles. The van der Waals surface area contributed by atoms with Gasteiger partial charge in [-0.15, -0.1) is 0 Å². The third-order valence-electron chi connectivity index (χ3n) is 3.94. The summed E-state index contributed by atoms with van der Waals surface area (Å²) in [7, 11) is -3.12. The molecule has 1 heterocycles. The number of carbonyl (C=O) groups excluding carboxylic acids is 2. The van der Waals surface area contributed by atoms with E-state index in [4.69, 9.17) is 0 Å². The average Bonchev–Trinajstić information content (AvgIpc) is 2.66. The van der Waals surface area contributed by atoms with Crippen molar-refractivity contribution in [1.82, 2.24) is 4.31 Å². The maximum atomic E-state index is 13.0. The summed E-state index contributed by atoms with van der Waals surface area (Å²) in [6.07, 6.45) is 0. The van der Waals surface area contributed by atoms with Crippen molar-refractivity contribution < 1.29 is 27.9 Å². The van der Waals surface area contributed by atoms with Gasteiger partial charge in [-0.1, -0.05) is 42.5 Å². The molecule has 1 aliphatic heterocycles. The number of ether oxygens (including phenoxy) is 1. The van der Waals surface area contributed by atoms with E-state index in [1.807, 2.05) is 0 Å². The maximum Gasteiger partial charge on any atom is 0.326 e. The molecule has 0 bridgehead atoms. The van der Waals surface area contributed by atoms with E-state index in [2.05, 4.69) is 4.74 Å². The molecular formula is C18H15NO6S. The molecule has 0 saturated carbocycles. The lowest BCUT2D eigenvalue weighted by Gasteiger charge is -2.30. The van der Waals surface area contributed by atoms with Crippen LogP contribution in [-0.4, -0.2) is 43.2 Å². The number of esters is 1. The first kappa shape index (κ1) is 17.7. The molecule has 1 aliphatic rings. The van der Waals surface area contributed by atoms with Gasteiger partial charge in [0.1, 0.15) is 12.2 Å². The predicted octanol–water partition coefficient (Wildman–Crippen LogP) is 1.97. The van der Waals surface area contributed by atoms with Crippen LogP contribution in [0.1, 0.15) is 15.9 Å². The quantitative estimate of drug-likeness (QED) is 0.501. The molecule has 3 rings (SSSR count). The average molecular weight is 373 g/mol. The van der Waals surface area contributed by atoms with Crippen molar-refractivity contribution in [2.24, 2.45) is 0 Å². The first-order chi connectivity index (χ1) is 12.4. The second-order valence-electron chi connectivity index (χ2n) is 5.48. The molecule has 134 valence electrons. The van der Waals surface area contributed by atoms with Crippen LogP contribution in [0.25, 0.3) is 5.76 Å². The Hall–Kier alpha value is -3.13. The van der Waals surface area contributed by atoms with Gasteiger partial charge >= 0.3 is 5.97 Å². The van der Waals surface area contributed by atoms with Crippen LogP contribution >= 0.6 is 0 Å². The Morgan fingerprint density at radius 1 is 1.08 bits per heavy atom. The lowest BCUT2D eigenvalue weighted by atomic mass is 10.0. The number of rotatable bonds is 3. The third kappa shape index (κ3) is 2.84. The van der Waals surface area contributed by atoms with E-state index < -0.39 is 39.8 Å². The Labute approximate surface area is 150 Å². The zero-order valence-electron chi connectivity index (χ0n) is 13.7. The van der Waals surface area contributed by atoms with Gasteiger partial charge in [-0.05, 0) is 12.1 Å². The third-order valence-corrected chi connectivity index (χ3v) is 5.74. The molecule has 2 aromatic rings. The molecule has 0 atom stereocenters. The fourth-order valence-electron chi connectivity index (χ4n) is 2.66. The molecule has 0 fully saturated rings. The Balaban J connectivity index is 2.30. The normalized spacial score (nSPS) is 17.4. The van der Waals surface area contributed by atoms with E-state index in [0.717, 1.165) is 7.11 Å². The minimum absolute atomic E-state index is 0.0638. The van der Waals surface area contributed by atoms with E-state index in [1.54, 1.807) is 18.2 Å². The van der Waals surface area contributed by atoms with Crippen LogP contribution in [0, 0.1) is 0 Å². The fourth-order valence-corrected chi connectivity index (χ4v) is 4.27. The second kappa shape index (κ2) is 6.64. The van der Waals surface area contributed by atoms with Crippen LogP contribution in [0.4, 0.5) is 0 Å². The highest BCUT2D eigenvalue weighted by Gasteiger charge is 2.42. The van der Waals surface area contributed by atoms with Crippen molar-refractivity contribution >= 4 is 27.5 Å². The zero-order valence-corrected chi connectivity index (χ0v) is 14.6. The molecule has 0 aromatic heterocycles. The number of hydrogen-bond acceptors (Lipinski definition) is 6. The Kier molecular flexibility index (Phi) is 4.52. The zero-order chi connectivity index (χ0) is 18.9. The van der Waals surface area contributed by atoms with Crippen molar-refractivity contribution in [3.63, 3.8) is 0 Å². The first-order valence-electron chi connectivity index (χ1n) is 7.60. The number of allylic oxidation sites excluding steroid dienone is 1. The summed E-state index contributed by atoms with van der Waals surface area (Å²) >= 11 is 0. The number of aliphatic hydroxyl groups excluding tert-OH is 1. The van der Waals surface area contributed by atoms with Crippen LogP contribution in [0.3, 0.4) is 0 Å². The van der Waals surface area contributed by atoms with Crippen molar-refractivity contribution in [3.8, 4) is 0 Å². The number of hydrogen-bond donors (Lipinski definition) is 1. The molecule has 8 heteroatoms.